The Labute approximate surface area is 164 Å². The number of aromatic nitrogens is 1. The fraction of sp³-hybridized carbons (Fsp3) is 0.500. The van der Waals surface area contributed by atoms with Gasteiger partial charge in [-0.15, -0.1) is 0 Å². The molecular formula is C22H25N3O3. The van der Waals surface area contributed by atoms with E-state index in [0.29, 0.717) is 18.8 Å². The van der Waals surface area contributed by atoms with Crippen molar-refractivity contribution in [3.63, 3.8) is 0 Å². The first-order chi connectivity index (χ1) is 13.7. The zero-order valence-corrected chi connectivity index (χ0v) is 15.9. The van der Waals surface area contributed by atoms with E-state index >= 15 is 0 Å². The summed E-state index contributed by atoms with van der Waals surface area (Å²) in [4.78, 5) is 27.4. The molecule has 2 amide bonds. The molecule has 0 unspecified atom stereocenters. The van der Waals surface area contributed by atoms with Gasteiger partial charge in [-0.1, -0.05) is 23.4 Å². The van der Waals surface area contributed by atoms with Crippen molar-refractivity contribution in [1.82, 2.24) is 10.1 Å². The highest BCUT2D eigenvalue weighted by Crippen LogP contribution is 2.59. The Balaban J connectivity index is 1.20. The van der Waals surface area contributed by atoms with Crippen molar-refractivity contribution in [3.05, 3.63) is 47.3 Å². The number of carbonyl (C=O) groups excluding carboxylic acids is 2. The second-order valence-corrected chi connectivity index (χ2v) is 8.41. The van der Waals surface area contributed by atoms with Crippen LogP contribution in [-0.4, -0.2) is 35.0 Å². The molecule has 1 N–H and O–H groups in total. The number of amides is 2. The predicted octanol–water partition coefficient (Wildman–Crippen LogP) is 3.43. The van der Waals surface area contributed by atoms with E-state index in [1.165, 1.54) is 0 Å². The van der Waals surface area contributed by atoms with E-state index in [9.17, 15) is 9.59 Å². The number of para-hydroxylation sites is 1. The van der Waals surface area contributed by atoms with Crippen LogP contribution < -0.4 is 5.32 Å². The summed E-state index contributed by atoms with van der Waals surface area (Å²) in [5.74, 6) is 1.05. The lowest BCUT2D eigenvalue weighted by molar-refractivity contribution is -0.118. The third-order valence-corrected chi connectivity index (χ3v) is 6.75. The SMILES string of the molecule is O=C(Nc1ccccc1)[C@H]1CC12CCN(C(=O)c1noc3c1CCCC3)CC2. The van der Waals surface area contributed by atoms with Crippen molar-refractivity contribution < 1.29 is 14.1 Å². The van der Waals surface area contributed by atoms with E-state index in [0.717, 1.165) is 62.0 Å². The van der Waals surface area contributed by atoms with E-state index in [4.69, 9.17) is 4.52 Å². The minimum absolute atomic E-state index is 0.00677. The van der Waals surface area contributed by atoms with Crippen molar-refractivity contribution >= 4 is 17.5 Å². The number of hydrogen-bond donors (Lipinski definition) is 1. The summed E-state index contributed by atoms with van der Waals surface area (Å²) < 4.78 is 5.41. The van der Waals surface area contributed by atoms with Gasteiger partial charge in [-0.25, -0.2) is 0 Å². The van der Waals surface area contributed by atoms with Crippen LogP contribution in [0.15, 0.2) is 34.9 Å². The highest BCUT2D eigenvalue weighted by molar-refractivity contribution is 5.96. The van der Waals surface area contributed by atoms with Crippen molar-refractivity contribution in [2.24, 2.45) is 11.3 Å². The van der Waals surface area contributed by atoms with Crippen LogP contribution in [0, 0.1) is 11.3 Å². The molecule has 5 rings (SSSR count). The summed E-state index contributed by atoms with van der Waals surface area (Å²) in [7, 11) is 0. The van der Waals surface area contributed by atoms with Gasteiger partial charge in [0.25, 0.3) is 5.91 Å². The van der Waals surface area contributed by atoms with Crippen LogP contribution in [-0.2, 0) is 17.6 Å². The van der Waals surface area contributed by atoms with Crippen LogP contribution in [0.2, 0.25) is 0 Å². The first-order valence-corrected chi connectivity index (χ1v) is 10.3. The maximum atomic E-state index is 12.9. The number of nitrogens with one attached hydrogen (secondary N) is 1. The molecule has 1 saturated carbocycles. The van der Waals surface area contributed by atoms with E-state index in [2.05, 4.69) is 10.5 Å². The average molecular weight is 379 g/mol. The predicted molar refractivity (Wildman–Crippen MR) is 104 cm³/mol. The van der Waals surface area contributed by atoms with Crippen LogP contribution >= 0.6 is 0 Å². The normalized spacial score (nSPS) is 22.6. The van der Waals surface area contributed by atoms with Crippen LogP contribution in [0.4, 0.5) is 5.69 Å². The maximum Gasteiger partial charge on any atom is 0.276 e. The molecule has 146 valence electrons. The lowest BCUT2D eigenvalue weighted by Crippen LogP contribution is -2.40. The number of fused-ring (bicyclic) bond motifs is 1. The third kappa shape index (κ3) is 3.01. The molecule has 0 radical (unpaired) electrons. The molecule has 28 heavy (non-hydrogen) atoms. The molecule has 2 aromatic rings. The van der Waals surface area contributed by atoms with Gasteiger partial charge in [0.15, 0.2) is 5.69 Å². The molecule has 2 aliphatic carbocycles. The Hall–Kier alpha value is -2.63. The molecule has 1 spiro atoms. The molecule has 1 saturated heterocycles. The zero-order chi connectivity index (χ0) is 19.1. The monoisotopic (exact) mass is 379 g/mol. The number of benzene rings is 1. The Kier molecular flexibility index (Phi) is 4.22. The molecule has 2 fully saturated rings. The second kappa shape index (κ2) is 6.76. The van der Waals surface area contributed by atoms with Gasteiger partial charge in [-0.05, 0) is 56.1 Å². The van der Waals surface area contributed by atoms with E-state index < -0.39 is 0 Å². The lowest BCUT2D eigenvalue weighted by Gasteiger charge is -2.32. The van der Waals surface area contributed by atoms with E-state index in [1.807, 2.05) is 35.2 Å². The summed E-state index contributed by atoms with van der Waals surface area (Å²) in [6.45, 7) is 1.38. The number of likely N-dealkylation sites (tertiary alicyclic amines) is 1. The van der Waals surface area contributed by atoms with Gasteiger partial charge in [-0.2, -0.15) is 0 Å². The molecular weight excluding hydrogens is 354 g/mol. The minimum Gasteiger partial charge on any atom is -0.360 e. The zero-order valence-electron chi connectivity index (χ0n) is 15.9. The van der Waals surface area contributed by atoms with Crippen molar-refractivity contribution in [1.29, 1.82) is 0 Å². The summed E-state index contributed by atoms with van der Waals surface area (Å²) >= 11 is 0. The molecule has 1 aliphatic heterocycles. The number of aryl methyl sites for hydroxylation is 1. The molecule has 6 nitrogen and oxygen atoms in total. The van der Waals surface area contributed by atoms with Gasteiger partial charge in [0.05, 0.1) is 0 Å². The second-order valence-electron chi connectivity index (χ2n) is 8.41. The van der Waals surface area contributed by atoms with Crippen molar-refractivity contribution in [3.8, 4) is 0 Å². The first kappa shape index (κ1) is 17.5. The molecule has 1 aromatic carbocycles. The van der Waals surface area contributed by atoms with Crippen molar-refractivity contribution in [2.45, 2.75) is 44.9 Å². The standard InChI is InChI=1S/C22H25N3O3/c26-20(23-15-6-2-1-3-7-15)17-14-22(17)10-12-25(13-11-22)21(27)19-16-8-4-5-9-18(16)28-24-19/h1-3,6-7,17H,4-5,8-14H2,(H,23,26)/t17-/m1/s1. The summed E-state index contributed by atoms with van der Waals surface area (Å²) in [5, 5.41) is 7.11. The molecule has 1 atom stereocenters. The van der Waals surface area contributed by atoms with Gasteiger partial charge in [0, 0.05) is 36.7 Å². The quantitative estimate of drug-likeness (QED) is 0.886. The molecule has 2 heterocycles. The highest BCUT2D eigenvalue weighted by atomic mass is 16.5. The molecule has 3 aliphatic rings. The number of hydrogen-bond acceptors (Lipinski definition) is 4. The Morgan fingerprint density at radius 2 is 1.86 bits per heavy atom. The first-order valence-electron chi connectivity index (χ1n) is 10.3. The van der Waals surface area contributed by atoms with Crippen LogP contribution in [0.25, 0.3) is 0 Å². The third-order valence-electron chi connectivity index (χ3n) is 6.75. The average Bonchev–Trinajstić information content (AvgIpc) is 3.26. The summed E-state index contributed by atoms with van der Waals surface area (Å²) in [5.41, 5.74) is 2.44. The topological polar surface area (TPSA) is 75.4 Å². The smallest absolute Gasteiger partial charge is 0.276 e. The Morgan fingerprint density at radius 1 is 1.11 bits per heavy atom. The number of nitrogens with zero attached hydrogens (tertiary/aromatic N) is 2. The molecule has 1 aromatic heterocycles. The van der Waals surface area contributed by atoms with Gasteiger partial charge < -0.3 is 14.7 Å². The van der Waals surface area contributed by atoms with Gasteiger partial charge in [0.2, 0.25) is 5.91 Å². The van der Waals surface area contributed by atoms with Gasteiger partial charge in [-0.3, -0.25) is 9.59 Å². The number of piperidine rings is 1. The van der Waals surface area contributed by atoms with Crippen LogP contribution in [0.3, 0.4) is 0 Å². The number of rotatable bonds is 3. The number of anilines is 1. The van der Waals surface area contributed by atoms with Crippen LogP contribution in [0.5, 0.6) is 0 Å². The van der Waals surface area contributed by atoms with Gasteiger partial charge in [0.1, 0.15) is 5.76 Å². The van der Waals surface area contributed by atoms with E-state index in [-0.39, 0.29) is 23.1 Å². The summed E-state index contributed by atoms with van der Waals surface area (Å²) in [6.07, 6.45) is 6.66. The lowest BCUT2D eigenvalue weighted by atomic mass is 9.90. The fourth-order valence-electron chi connectivity index (χ4n) is 4.88. The maximum absolute atomic E-state index is 12.9. The Morgan fingerprint density at radius 3 is 2.64 bits per heavy atom. The molecule has 0 bridgehead atoms. The Bertz CT molecular complexity index is 897. The minimum atomic E-state index is -0.00677. The van der Waals surface area contributed by atoms with Crippen molar-refractivity contribution in [2.75, 3.05) is 18.4 Å². The molecule has 6 heteroatoms. The van der Waals surface area contributed by atoms with E-state index in [1.54, 1.807) is 0 Å². The summed E-state index contributed by atoms with van der Waals surface area (Å²) in [6, 6.07) is 9.60. The fourth-order valence-corrected chi connectivity index (χ4v) is 4.88. The highest BCUT2D eigenvalue weighted by Gasteiger charge is 2.58. The van der Waals surface area contributed by atoms with Gasteiger partial charge >= 0.3 is 0 Å². The number of carbonyl (C=O) groups is 2. The largest absolute Gasteiger partial charge is 0.360 e. The van der Waals surface area contributed by atoms with Crippen LogP contribution in [0.1, 0.15) is 53.9 Å².